The molecular formula is C11H11F3O3S. The maximum atomic E-state index is 12.3. The minimum Gasteiger partial charge on any atom is -0.300 e. The highest BCUT2D eigenvalue weighted by Crippen LogP contribution is 2.29. The van der Waals surface area contributed by atoms with E-state index in [2.05, 4.69) is 0 Å². The second-order valence-electron chi connectivity index (χ2n) is 3.79. The van der Waals surface area contributed by atoms with Crippen molar-refractivity contribution in [3.63, 3.8) is 0 Å². The molecule has 1 aromatic rings. The molecule has 7 heteroatoms. The lowest BCUT2D eigenvalue weighted by molar-refractivity contribution is -0.137. The second-order valence-corrected chi connectivity index (χ2v) is 5.90. The van der Waals surface area contributed by atoms with E-state index in [-0.39, 0.29) is 17.1 Å². The molecule has 1 aromatic carbocycles. The fourth-order valence-corrected chi connectivity index (χ4v) is 2.59. The molecule has 0 aliphatic heterocycles. The van der Waals surface area contributed by atoms with E-state index in [0.29, 0.717) is 12.1 Å². The molecule has 0 amide bonds. The van der Waals surface area contributed by atoms with Gasteiger partial charge in [0.1, 0.15) is 5.78 Å². The van der Waals surface area contributed by atoms with Crippen molar-refractivity contribution in [2.24, 2.45) is 0 Å². The summed E-state index contributed by atoms with van der Waals surface area (Å²) in [7, 11) is -3.71. The maximum absolute atomic E-state index is 12.3. The highest BCUT2D eigenvalue weighted by molar-refractivity contribution is 7.91. The second kappa shape index (κ2) is 5.09. The highest BCUT2D eigenvalue weighted by Gasteiger charge is 2.30. The molecule has 0 saturated carbocycles. The summed E-state index contributed by atoms with van der Waals surface area (Å²) in [6.45, 7) is 1.25. The first kappa shape index (κ1) is 14.7. The van der Waals surface area contributed by atoms with E-state index in [1.54, 1.807) is 0 Å². The zero-order valence-electron chi connectivity index (χ0n) is 9.49. The summed E-state index contributed by atoms with van der Waals surface area (Å²) in [5, 5.41) is 0. The number of Topliss-reactive ketones (excluding diaryl/α,β-unsaturated/α-hetero) is 1. The van der Waals surface area contributed by atoms with Crippen LogP contribution in [0, 0.1) is 0 Å². The van der Waals surface area contributed by atoms with E-state index in [1.165, 1.54) is 6.92 Å². The minimum absolute atomic E-state index is 0.149. The molecule has 0 heterocycles. The van der Waals surface area contributed by atoms with E-state index in [9.17, 15) is 26.4 Å². The Hall–Kier alpha value is -1.37. The standard InChI is InChI=1S/C11H11F3O3S/c1-8(15)6-7-18(16,17)10-4-2-9(3-5-10)11(12,13)14/h2-5H,6-7H2,1H3. The Bertz CT molecular complexity index is 530. The third-order valence-corrected chi connectivity index (χ3v) is 4.00. The molecule has 100 valence electrons. The van der Waals surface area contributed by atoms with Crippen LogP contribution in [0.4, 0.5) is 13.2 Å². The van der Waals surface area contributed by atoms with Crippen LogP contribution in [0.15, 0.2) is 29.2 Å². The molecule has 0 aromatic heterocycles. The number of benzene rings is 1. The average molecular weight is 280 g/mol. The number of hydrogen-bond donors (Lipinski definition) is 0. The quantitative estimate of drug-likeness (QED) is 0.851. The molecule has 18 heavy (non-hydrogen) atoms. The fraction of sp³-hybridized carbons (Fsp3) is 0.364. The third kappa shape index (κ3) is 3.83. The van der Waals surface area contributed by atoms with E-state index in [1.807, 2.05) is 0 Å². The molecule has 3 nitrogen and oxygen atoms in total. The Balaban J connectivity index is 2.95. The molecular weight excluding hydrogens is 269 g/mol. The van der Waals surface area contributed by atoms with Crippen molar-refractivity contribution in [3.8, 4) is 0 Å². The Morgan fingerprint density at radius 2 is 1.67 bits per heavy atom. The molecule has 0 N–H and O–H groups in total. The SMILES string of the molecule is CC(=O)CCS(=O)(=O)c1ccc(C(F)(F)F)cc1. The number of halogens is 3. The molecule has 0 spiro atoms. The number of carbonyl (C=O) groups excluding carboxylic acids is 1. The summed E-state index contributed by atoms with van der Waals surface area (Å²) < 4.78 is 60.2. The van der Waals surface area contributed by atoms with Gasteiger partial charge in [-0.2, -0.15) is 13.2 Å². The normalized spacial score (nSPS) is 12.4. The van der Waals surface area contributed by atoms with Crippen LogP contribution in [0.3, 0.4) is 0 Å². The van der Waals surface area contributed by atoms with Crippen molar-refractivity contribution in [2.75, 3.05) is 5.75 Å². The average Bonchev–Trinajstić information content (AvgIpc) is 2.26. The summed E-state index contributed by atoms with van der Waals surface area (Å²) >= 11 is 0. The summed E-state index contributed by atoms with van der Waals surface area (Å²) in [4.78, 5) is 10.5. The molecule has 1 rings (SSSR count). The molecule has 0 atom stereocenters. The molecule has 0 saturated heterocycles. The van der Waals surface area contributed by atoms with Gasteiger partial charge in [-0.1, -0.05) is 0 Å². The van der Waals surface area contributed by atoms with Crippen molar-refractivity contribution >= 4 is 15.6 Å². The van der Waals surface area contributed by atoms with Crippen molar-refractivity contribution < 1.29 is 26.4 Å². The van der Waals surface area contributed by atoms with Crippen LogP contribution in [0.2, 0.25) is 0 Å². The summed E-state index contributed by atoms with van der Waals surface area (Å²) in [6.07, 6.45) is -4.65. The Morgan fingerprint density at radius 1 is 1.17 bits per heavy atom. The molecule has 0 fully saturated rings. The monoisotopic (exact) mass is 280 g/mol. The molecule has 0 radical (unpaired) electrons. The number of sulfone groups is 1. The van der Waals surface area contributed by atoms with Crippen molar-refractivity contribution in [2.45, 2.75) is 24.4 Å². The van der Waals surface area contributed by atoms with Gasteiger partial charge in [0, 0.05) is 6.42 Å². The van der Waals surface area contributed by atoms with Gasteiger partial charge in [-0.3, -0.25) is 4.79 Å². The molecule has 0 aliphatic carbocycles. The van der Waals surface area contributed by atoms with E-state index in [0.717, 1.165) is 12.1 Å². The number of ketones is 1. The Kier molecular flexibility index (Phi) is 4.16. The van der Waals surface area contributed by atoms with Gasteiger partial charge in [-0.05, 0) is 31.2 Å². The smallest absolute Gasteiger partial charge is 0.300 e. The summed E-state index contributed by atoms with van der Waals surface area (Å²) in [5.41, 5.74) is -0.909. The Labute approximate surface area is 103 Å². The molecule has 0 aliphatic rings. The predicted octanol–water partition coefficient (Wildman–Crippen LogP) is 2.46. The van der Waals surface area contributed by atoms with Crippen LogP contribution in [0.25, 0.3) is 0 Å². The van der Waals surface area contributed by atoms with Gasteiger partial charge in [-0.25, -0.2) is 8.42 Å². The maximum Gasteiger partial charge on any atom is 0.416 e. The fourth-order valence-electron chi connectivity index (χ4n) is 1.25. The van der Waals surface area contributed by atoms with Gasteiger partial charge >= 0.3 is 6.18 Å². The van der Waals surface area contributed by atoms with Crippen molar-refractivity contribution in [1.82, 2.24) is 0 Å². The zero-order chi connectivity index (χ0) is 14.0. The third-order valence-electron chi connectivity index (χ3n) is 2.26. The lowest BCUT2D eigenvalue weighted by Crippen LogP contribution is -2.11. The van der Waals surface area contributed by atoms with Crippen LogP contribution in [0.5, 0.6) is 0 Å². The molecule has 0 bridgehead atoms. The number of alkyl halides is 3. The van der Waals surface area contributed by atoms with Crippen LogP contribution in [-0.4, -0.2) is 20.0 Å². The van der Waals surface area contributed by atoms with Gasteiger partial charge in [0.25, 0.3) is 0 Å². The predicted molar refractivity (Wildman–Crippen MR) is 58.8 cm³/mol. The number of hydrogen-bond acceptors (Lipinski definition) is 3. The Morgan fingerprint density at radius 3 is 2.06 bits per heavy atom. The van der Waals surface area contributed by atoms with Gasteiger partial charge in [0.2, 0.25) is 0 Å². The van der Waals surface area contributed by atoms with E-state index in [4.69, 9.17) is 0 Å². The van der Waals surface area contributed by atoms with Gasteiger partial charge in [0.05, 0.1) is 16.2 Å². The van der Waals surface area contributed by atoms with Crippen LogP contribution < -0.4 is 0 Å². The zero-order valence-corrected chi connectivity index (χ0v) is 10.3. The summed E-state index contributed by atoms with van der Waals surface area (Å²) in [5.74, 6) is -0.682. The highest BCUT2D eigenvalue weighted by atomic mass is 32.2. The molecule has 0 unspecified atom stereocenters. The first-order valence-electron chi connectivity index (χ1n) is 5.02. The van der Waals surface area contributed by atoms with Gasteiger partial charge < -0.3 is 0 Å². The van der Waals surface area contributed by atoms with Crippen LogP contribution in [0.1, 0.15) is 18.9 Å². The van der Waals surface area contributed by atoms with Crippen LogP contribution in [-0.2, 0) is 20.8 Å². The van der Waals surface area contributed by atoms with E-state index >= 15 is 0 Å². The van der Waals surface area contributed by atoms with Gasteiger partial charge in [0.15, 0.2) is 9.84 Å². The summed E-state index contributed by atoms with van der Waals surface area (Å²) in [6, 6.07) is 3.22. The van der Waals surface area contributed by atoms with E-state index < -0.39 is 27.3 Å². The van der Waals surface area contributed by atoms with Crippen molar-refractivity contribution in [3.05, 3.63) is 29.8 Å². The number of carbonyl (C=O) groups is 1. The lowest BCUT2D eigenvalue weighted by Gasteiger charge is -2.08. The van der Waals surface area contributed by atoms with Crippen LogP contribution >= 0.6 is 0 Å². The van der Waals surface area contributed by atoms with Crippen molar-refractivity contribution in [1.29, 1.82) is 0 Å². The first-order chi connectivity index (χ1) is 8.13. The largest absolute Gasteiger partial charge is 0.416 e. The topological polar surface area (TPSA) is 51.2 Å². The number of rotatable bonds is 4. The minimum atomic E-state index is -4.50. The first-order valence-corrected chi connectivity index (χ1v) is 6.67. The van der Waals surface area contributed by atoms with Gasteiger partial charge in [-0.15, -0.1) is 0 Å². The lowest BCUT2D eigenvalue weighted by atomic mass is 10.2.